The zero-order valence-electron chi connectivity index (χ0n) is 14.9. The lowest BCUT2D eigenvalue weighted by molar-refractivity contribution is -0.124. The predicted molar refractivity (Wildman–Crippen MR) is 102 cm³/mol. The van der Waals surface area contributed by atoms with E-state index in [1.165, 1.54) is 12.1 Å². The highest BCUT2D eigenvalue weighted by Gasteiger charge is 2.10. The molecule has 0 aliphatic carbocycles. The summed E-state index contributed by atoms with van der Waals surface area (Å²) in [6, 6.07) is 19.2. The number of amides is 1. The number of rotatable bonds is 6. The van der Waals surface area contributed by atoms with Crippen molar-refractivity contribution in [3.05, 3.63) is 89.7 Å². The number of carbonyl (C=O) groups is 2. The number of hydrogen-bond acceptors (Lipinski definition) is 4. The molecular formula is C22H18FNO4. The highest BCUT2D eigenvalue weighted by atomic mass is 19.1. The van der Waals surface area contributed by atoms with E-state index in [9.17, 15) is 19.1 Å². The van der Waals surface area contributed by atoms with Crippen LogP contribution in [-0.4, -0.2) is 23.6 Å². The molecule has 0 atom stereocenters. The van der Waals surface area contributed by atoms with Crippen molar-refractivity contribution in [3.8, 4) is 16.9 Å². The minimum absolute atomic E-state index is 0.182. The van der Waals surface area contributed by atoms with Gasteiger partial charge in [-0.15, -0.1) is 0 Å². The van der Waals surface area contributed by atoms with E-state index in [0.717, 1.165) is 16.7 Å². The van der Waals surface area contributed by atoms with Crippen LogP contribution in [0.5, 0.6) is 5.75 Å². The highest BCUT2D eigenvalue weighted by Crippen LogP contribution is 2.22. The second-order valence-electron chi connectivity index (χ2n) is 6.10. The molecule has 0 aliphatic rings. The Morgan fingerprint density at radius 3 is 2.04 bits per heavy atom. The predicted octanol–water partition coefficient (Wildman–Crippen LogP) is 3.67. The molecule has 0 unspecified atom stereocenters. The molecule has 0 aromatic heterocycles. The van der Waals surface area contributed by atoms with Crippen molar-refractivity contribution in [1.82, 2.24) is 5.32 Å². The average molecular weight is 379 g/mol. The number of phenolic OH excluding ortho intramolecular Hbond substituents is 1. The maximum Gasteiger partial charge on any atom is 0.338 e. The molecule has 3 aromatic rings. The van der Waals surface area contributed by atoms with E-state index in [1.807, 2.05) is 0 Å². The standard InChI is InChI=1S/C22H18FNO4/c23-19-9-1-15(2-10-19)13-24-21(26)14-28-22(27)18-5-3-16(4-6-18)17-7-11-20(25)12-8-17/h1-12,25H,13-14H2,(H,24,26). The largest absolute Gasteiger partial charge is 0.508 e. The highest BCUT2D eigenvalue weighted by molar-refractivity contribution is 5.91. The van der Waals surface area contributed by atoms with Crippen LogP contribution >= 0.6 is 0 Å². The molecule has 0 saturated heterocycles. The number of phenols is 1. The topological polar surface area (TPSA) is 75.6 Å². The summed E-state index contributed by atoms with van der Waals surface area (Å²) in [5, 5.41) is 11.9. The fourth-order valence-electron chi connectivity index (χ4n) is 2.52. The van der Waals surface area contributed by atoms with Gasteiger partial charge < -0.3 is 15.2 Å². The summed E-state index contributed by atoms with van der Waals surface area (Å²) in [4.78, 5) is 23.9. The molecule has 6 heteroatoms. The molecule has 0 radical (unpaired) electrons. The van der Waals surface area contributed by atoms with Gasteiger partial charge in [0.15, 0.2) is 6.61 Å². The fourth-order valence-corrected chi connectivity index (χ4v) is 2.52. The van der Waals surface area contributed by atoms with Crippen LogP contribution in [0.2, 0.25) is 0 Å². The third-order valence-electron chi connectivity index (χ3n) is 4.06. The third-order valence-corrected chi connectivity index (χ3v) is 4.06. The smallest absolute Gasteiger partial charge is 0.338 e. The summed E-state index contributed by atoms with van der Waals surface area (Å²) in [7, 11) is 0. The van der Waals surface area contributed by atoms with E-state index in [2.05, 4.69) is 5.32 Å². The van der Waals surface area contributed by atoms with Gasteiger partial charge in [-0.2, -0.15) is 0 Å². The molecule has 0 heterocycles. The number of nitrogens with one attached hydrogen (secondary N) is 1. The molecule has 0 aliphatic heterocycles. The summed E-state index contributed by atoms with van der Waals surface area (Å²) < 4.78 is 17.9. The molecule has 0 fully saturated rings. The van der Waals surface area contributed by atoms with Crippen molar-refractivity contribution in [1.29, 1.82) is 0 Å². The average Bonchev–Trinajstić information content (AvgIpc) is 2.72. The van der Waals surface area contributed by atoms with Crippen LogP contribution < -0.4 is 5.32 Å². The van der Waals surface area contributed by atoms with Crippen LogP contribution in [0.3, 0.4) is 0 Å². The number of esters is 1. The van der Waals surface area contributed by atoms with Gasteiger partial charge in [0.05, 0.1) is 5.56 Å². The van der Waals surface area contributed by atoms with Gasteiger partial charge in [0.1, 0.15) is 11.6 Å². The molecule has 3 rings (SSSR count). The van der Waals surface area contributed by atoms with Crippen molar-refractivity contribution in [2.45, 2.75) is 6.54 Å². The van der Waals surface area contributed by atoms with Gasteiger partial charge in [0, 0.05) is 6.54 Å². The molecule has 2 N–H and O–H groups in total. The SMILES string of the molecule is O=C(COC(=O)c1ccc(-c2ccc(O)cc2)cc1)NCc1ccc(F)cc1. The Morgan fingerprint density at radius 2 is 1.43 bits per heavy atom. The molecule has 3 aromatic carbocycles. The van der Waals surface area contributed by atoms with Gasteiger partial charge in [-0.25, -0.2) is 9.18 Å². The van der Waals surface area contributed by atoms with Crippen molar-refractivity contribution in [2.24, 2.45) is 0 Å². The van der Waals surface area contributed by atoms with Gasteiger partial charge >= 0.3 is 5.97 Å². The van der Waals surface area contributed by atoms with E-state index in [1.54, 1.807) is 60.7 Å². The molecule has 0 bridgehead atoms. The third kappa shape index (κ3) is 5.17. The van der Waals surface area contributed by atoms with Crippen molar-refractivity contribution in [2.75, 3.05) is 6.61 Å². The van der Waals surface area contributed by atoms with E-state index in [-0.39, 0.29) is 18.1 Å². The van der Waals surface area contributed by atoms with Crippen molar-refractivity contribution in [3.63, 3.8) is 0 Å². The molecule has 5 nitrogen and oxygen atoms in total. The van der Waals surface area contributed by atoms with Crippen LogP contribution in [0.15, 0.2) is 72.8 Å². The van der Waals surface area contributed by atoms with Gasteiger partial charge in [0.2, 0.25) is 0 Å². The van der Waals surface area contributed by atoms with Crippen molar-refractivity contribution >= 4 is 11.9 Å². The minimum Gasteiger partial charge on any atom is -0.508 e. The van der Waals surface area contributed by atoms with E-state index < -0.39 is 18.5 Å². The quantitative estimate of drug-likeness (QED) is 0.641. The van der Waals surface area contributed by atoms with Gasteiger partial charge in [0.25, 0.3) is 5.91 Å². The number of ether oxygens (including phenoxy) is 1. The molecule has 142 valence electrons. The summed E-state index contributed by atoms with van der Waals surface area (Å²) in [6.07, 6.45) is 0. The number of hydrogen-bond donors (Lipinski definition) is 2. The van der Waals surface area contributed by atoms with Crippen LogP contribution in [0, 0.1) is 5.82 Å². The van der Waals surface area contributed by atoms with Crippen molar-refractivity contribution < 1.29 is 23.8 Å². The summed E-state index contributed by atoms with van der Waals surface area (Å²) in [5.41, 5.74) is 2.85. The summed E-state index contributed by atoms with van der Waals surface area (Å²) in [6.45, 7) is -0.183. The second-order valence-corrected chi connectivity index (χ2v) is 6.10. The number of carbonyl (C=O) groups excluding carboxylic acids is 2. The molecule has 0 spiro atoms. The first-order valence-electron chi connectivity index (χ1n) is 8.59. The first kappa shape index (κ1) is 19.1. The Hall–Kier alpha value is -3.67. The maximum atomic E-state index is 12.8. The lowest BCUT2D eigenvalue weighted by atomic mass is 10.0. The Bertz CT molecular complexity index is 951. The van der Waals surface area contributed by atoms with Crippen LogP contribution in [0.25, 0.3) is 11.1 Å². The van der Waals surface area contributed by atoms with Crippen LogP contribution in [-0.2, 0) is 16.1 Å². The molecular weight excluding hydrogens is 361 g/mol. The molecule has 0 saturated carbocycles. The van der Waals surface area contributed by atoms with Gasteiger partial charge in [-0.1, -0.05) is 36.4 Å². The van der Waals surface area contributed by atoms with Crippen LogP contribution in [0.4, 0.5) is 4.39 Å². The lowest BCUT2D eigenvalue weighted by Gasteiger charge is -2.08. The zero-order valence-corrected chi connectivity index (χ0v) is 14.9. The van der Waals surface area contributed by atoms with Gasteiger partial charge in [-0.05, 0) is 53.1 Å². The van der Waals surface area contributed by atoms with E-state index >= 15 is 0 Å². The molecule has 28 heavy (non-hydrogen) atoms. The maximum absolute atomic E-state index is 12.8. The monoisotopic (exact) mass is 379 g/mol. The van der Waals surface area contributed by atoms with E-state index in [4.69, 9.17) is 4.74 Å². The fraction of sp³-hybridized carbons (Fsp3) is 0.0909. The zero-order chi connectivity index (χ0) is 19.9. The molecule has 1 amide bonds. The van der Waals surface area contributed by atoms with E-state index in [0.29, 0.717) is 5.56 Å². The Labute approximate surface area is 161 Å². The normalized spacial score (nSPS) is 10.3. The van der Waals surface area contributed by atoms with Crippen LogP contribution in [0.1, 0.15) is 15.9 Å². The minimum atomic E-state index is -0.603. The number of aromatic hydroxyl groups is 1. The Balaban J connectivity index is 1.49. The Morgan fingerprint density at radius 1 is 0.857 bits per heavy atom. The Kier molecular flexibility index (Phi) is 6.01. The summed E-state index contributed by atoms with van der Waals surface area (Å²) in [5.74, 6) is -1.21. The van der Waals surface area contributed by atoms with Gasteiger partial charge in [-0.3, -0.25) is 4.79 Å². The number of benzene rings is 3. The first-order valence-corrected chi connectivity index (χ1v) is 8.59. The first-order chi connectivity index (χ1) is 13.5. The second kappa shape index (κ2) is 8.81. The summed E-state index contributed by atoms with van der Waals surface area (Å²) >= 11 is 0. The number of halogens is 1. The lowest BCUT2D eigenvalue weighted by Crippen LogP contribution is -2.28.